The molecule has 0 amide bonds. The first-order valence-electron chi connectivity index (χ1n) is 3.78. The lowest BCUT2D eigenvalue weighted by molar-refractivity contribution is 0.309. The Hall–Kier alpha value is -0.530. The molecule has 0 aliphatic heterocycles. The number of benzene rings is 1. The van der Waals surface area contributed by atoms with E-state index in [2.05, 4.69) is 20.1 Å². The van der Waals surface area contributed by atoms with Gasteiger partial charge in [0.25, 0.3) is 10.1 Å². The molecule has 0 saturated heterocycles. The summed E-state index contributed by atoms with van der Waals surface area (Å²) in [5.74, 6) is -2.07. The van der Waals surface area contributed by atoms with Crippen LogP contribution >= 0.6 is 15.9 Å². The largest absolute Gasteiger partial charge is 0.265 e. The van der Waals surface area contributed by atoms with Crippen molar-refractivity contribution in [2.45, 2.75) is 6.61 Å². The Labute approximate surface area is 94.3 Å². The van der Waals surface area contributed by atoms with Crippen molar-refractivity contribution in [1.29, 1.82) is 0 Å². The summed E-state index contributed by atoms with van der Waals surface area (Å²) in [6.45, 7) is -0.337. The number of hydrogen-bond acceptors (Lipinski definition) is 3. The van der Waals surface area contributed by atoms with E-state index < -0.39 is 21.8 Å². The van der Waals surface area contributed by atoms with Crippen LogP contribution in [0.5, 0.6) is 0 Å². The van der Waals surface area contributed by atoms with Crippen molar-refractivity contribution in [2.75, 3.05) is 6.26 Å². The Morgan fingerprint density at radius 1 is 1.40 bits per heavy atom. The molecule has 0 heterocycles. The van der Waals surface area contributed by atoms with Gasteiger partial charge >= 0.3 is 0 Å². The summed E-state index contributed by atoms with van der Waals surface area (Å²) in [4.78, 5) is 0. The van der Waals surface area contributed by atoms with Crippen LogP contribution in [0.15, 0.2) is 16.6 Å². The van der Waals surface area contributed by atoms with Crippen molar-refractivity contribution < 1.29 is 21.4 Å². The summed E-state index contributed by atoms with van der Waals surface area (Å²) in [7, 11) is -3.60. The van der Waals surface area contributed by atoms with E-state index in [1.165, 1.54) is 6.07 Å². The lowest BCUT2D eigenvalue weighted by atomic mass is 10.2. The van der Waals surface area contributed by atoms with E-state index >= 15 is 0 Å². The molecule has 0 unspecified atom stereocenters. The molecule has 1 rings (SSSR count). The Kier molecular flexibility index (Phi) is 3.80. The van der Waals surface area contributed by atoms with E-state index in [1.54, 1.807) is 0 Å². The molecule has 0 aromatic heterocycles. The molecule has 0 bridgehead atoms. The van der Waals surface area contributed by atoms with Gasteiger partial charge in [0.1, 0.15) is 0 Å². The zero-order valence-corrected chi connectivity index (χ0v) is 10.0. The van der Waals surface area contributed by atoms with Crippen LogP contribution in [-0.4, -0.2) is 14.7 Å². The average Bonchev–Trinajstić information content (AvgIpc) is 2.12. The van der Waals surface area contributed by atoms with Gasteiger partial charge in [-0.05, 0) is 27.6 Å². The minimum Gasteiger partial charge on any atom is -0.265 e. The first-order valence-corrected chi connectivity index (χ1v) is 6.39. The fourth-order valence-corrected chi connectivity index (χ4v) is 1.62. The maximum Gasteiger partial charge on any atom is 0.264 e. The van der Waals surface area contributed by atoms with E-state index in [0.717, 1.165) is 12.3 Å². The van der Waals surface area contributed by atoms with Crippen LogP contribution in [0.3, 0.4) is 0 Å². The maximum absolute atomic E-state index is 13.0. The van der Waals surface area contributed by atoms with Gasteiger partial charge in [-0.2, -0.15) is 8.42 Å². The fourth-order valence-electron chi connectivity index (χ4n) is 0.848. The molecular formula is C8H7BrF2O3S. The Balaban J connectivity index is 2.93. The quantitative estimate of drug-likeness (QED) is 0.635. The Bertz CT molecular complexity index is 473. The van der Waals surface area contributed by atoms with Crippen LogP contribution in [0.25, 0.3) is 0 Å². The molecule has 0 aliphatic rings. The van der Waals surface area contributed by atoms with Crippen molar-refractivity contribution in [3.05, 3.63) is 33.8 Å². The maximum atomic E-state index is 13.0. The minimum atomic E-state index is -3.60. The van der Waals surface area contributed by atoms with Gasteiger partial charge in [0, 0.05) is 0 Å². The first kappa shape index (κ1) is 12.5. The summed E-state index contributed by atoms with van der Waals surface area (Å²) in [6, 6.07) is 2.15. The third kappa shape index (κ3) is 3.51. The average molecular weight is 301 g/mol. The van der Waals surface area contributed by atoms with Gasteiger partial charge in [-0.3, -0.25) is 4.18 Å². The summed E-state index contributed by atoms with van der Waals surface area (Å²) in [5, 5.41) is 0. The molecule has 0 saturated carbocycles. The van der Waals surface area contributed by atoms with E-state index in [0.29, 0.717) is 0 Å². The first-order chi connectivity index (χ1) is 6.81. The molecule has 0 radical (unpaired) electrons. The number of halogens is 3. The van der Waals surface area contributed by atoms with Gasteiger partial charge in [-0.1, -0.05) is 6.07 Å². The third-order valence-electron chi connectivity index (χ3n) is 1.54. The normalized spacial score (nSPS) is 11.7. The second kappa shape index (κ2) is 4.54. The molecule has 7 heteroatoms. The summed E-state index contributed by atoms with van der Waals surface area (Å²) < 4.78 is 51.3. The van der Waals surface area contributed by atoms with Crippen LogP contribution in [0.1, 0.15) is 5.56 Å². The summed E-state index contributed by atoms with van der Waals surface area (Å²) in [6.07, 6.45) is 0.876. The molecule has 0 atom stereocenters. The zero-order valence-electron chi connectivity index (χ0n) is 7.63. The molecule has 15 heavy (non-hydrogen) atoms. The smallest absolute Gasteiger partial charge is 0.264 e. The molecule has 3 nitrogen and oxygen atoms in total. The van der Waals surface area contributed by atoms with Crippen molar-refractivity contribution in [3.63, 3.8) is 0 Å². The van der Waals surface area contributed by atoms with Gasteiger partial charge in [-0.25, -0.2) is 8.78 Å². The van der Waals surface area contributed by atoms with Crippen LogP contribution in [-0.2, 0) is 20.9 Å². The Morgan fingerprint density at radius 2 is 2.00 bits per heavy atom. The second-order valence-electron chi connectivity index (χ2n) is 2.80. The van der Waals surface area contributed by atoms with Crippen molar-refractivity contribution >= 4 is 26.0 Å². The van der Waals surface area contributed by atoms with Crippen molar-refractivity contribution in [2.24, 2.45) is 0 Å². The number of hydrogen-bond donors (Lipinski definition) is 0. The standard InChI is InChI=1S/C8H7BrF2O3S/c1-15(12,13)14-4-5-2-3-6(10)8(11)7(5)9/h2-3H,4H2,1H3. The van der Waals surface area contributed by atoms with Gasteiger partial charge in [-0.15, -0.1) is 0 Å². The van der Waals surface area contributed by atoms with Crippen LogP contribution in [0.2, 0.25) is 0 Å². The second-order valence-corrected chi connectivity index (χ2v) is 5.24. The highest BCUT2D eigenvalue weighted by Gasteiger charge is 2.12. The zero-order chi connectivity index (χ0) is 11.6. The fraction of sp³-hybridized carbons (Fsp3) is 0.250. The number of rotatable bonds is 3. The molecule has 0 aliphatic carbocycles. The van der Waals surface area contributed by atoms with E-state index in [1.807, 2.05) is 0 Å². The molecular weight excluding hydrogens is 294 g/mol. The Morgan fingerprint density at radius 3 is 2.53 bits per heavy atom. The minimum absolute atomic E-state index is 0.133. The van der Waals surface area contributed by atoms with E-state index in [-0.39, 0.29) is 16.6 Å². The monoisotopic (exact) mass is 300 g/mol. The predicted molar refractivity (Wildman–Crippen MR) is 53.7 cm³/mol. The highest BCUT2D eigenvalue weighted by atomic mass is 79.9. The van der Waals surface area contributed by atoms with Gasteiger partial charge in [0.2, 0.25) is 0 Å². The summed E-state index contributed by atoms with van der Waals surface area (Å²) in [5.41, 5.74) is 0.222. The van der Waals surface area contributed by atoms with E-state index in [9.17, 15) is 17.2 Å². The molecule has 1 aromatic rings. The van der Waals surface area contributed by atoms with Crippen molar-refractivity contribution in [1.82, 2.24) is 0 Å². The SMILES string of the molecule is CS(=O)(=O)OCc1ccc(F)c(F)c1Br. The lowest BCUT2D eigenvalue weighted by Crippen LogP contribution is -2.04. The van der Waals surface area contributed by atoms with Crippen LogP contribution in [0, 0.1) is 11.6 Å². The predicted octanol–water partition coefficient (Wildman–Crippen LogP) is 2.20. The van der Waals surface area contributed by atoms with Crippen LogP contribution < -0.4 is 0 Å². The van der Waals surface area contributed by atoms with Crippen molar-refractivity contribution in [3.8, 4) is 0 Å². The third-order valence-corrected chi connectivity index (χ3v) is 2.95. The van der Waals surface area contributed by atoms with Gasteiger partial charge < -0.3 is 0 Å². The lowest BCUT2D eigenvalue weighted by Gasteiger charge is -2.05. The topological polar surface area (TPSA) is 43.4 Å². The highest BCUT2D eigenvalue weighted by Crippen LogP contribution is 2.23. The summed E-state index contributed by atoms with van der Waals surface area (Å²) >= 11 is 2.81. The molecule has 0 N–H and O–H groups in total. The molecule has 1 aromatic carbocycles. The van der Waals surface area contributed by atoms with Gasteiger partial charge in [0.05, 0.1) is 17.3 Å². The molecule has 0 spiro atoms. The molecule has 84 valence electrons. The van der Waals surface area contributed by atoms with Crippen LogP contribution in [0.4, 0.5) is 8.78 Å². The van der Waals surface area contributed by atoms with Gasteiger partial charge in [0.15, 0.2) is 11.6 Å². The highest BCUT2D eigenvalue weighted by molar-refractivity contribution is 9.10. The van der Waals surface area contributed by atoms with E-state index in [4.69, 9.17) is 0 Å². The molecule has 0 fully saturated rings.